The highest BCUT2D eigenvalue weighted by molar-refractivity contribution is 7.98. The third kappa shape index (κ3) is 45.7. The van der Waals surface area contributed by atoms with Crippen molar-refractivity contribution < 1.29 is 151 Å². The van der Waals surface area contributed by atoms with E-state index in [2.05, 4.69) is 90.1 Å². The zero-order valence-corrected chi connectivity index (χ0v) is 79.1. The number of aromatic amines is 1. The number of carbonyl (C=O) groups excluding carboxylic acids is 15. The van der Waals surface area contributed by atoms with E-state index in [1.165, 1.54) is 36.0 Å². The lowest BCUT2D eigenvalue weighted by Crippen LogP contribution is -2.60. The van der Waals surface area contributed by atoms with E-state index in [0.29, 0.717) is 73.4 Å². The van der Waals surface area contributed by atoms with Crippen molar-refractivity contribution >= 4 is 159 Å². The van der Waals surface area contributed by atoms with Crippen molar-refractivity contribution in [2.24, 2.45) is 23.1 Å². The third-order valence-electron chi connectivity index (χ3n) is 21.6. The molecule has 5 rings (SSSR count). The number of carbonyl (C=O) groups is 22. The first-order valence-electron chi connectivity index (χ1n) is 45.3. The minimum absolute atomic E-state index is 0.108. The third-order valence-corrected chi connectivity index (χ3v) is 22.2. The molecule has 4 aromatic carbocycles. The van der Waals surface area contributed by atoms with Gasteiger partial charge in [0.2, 0.25) is 88.6 Å². The summed E-state index contributed by atoms with van der Waals surface area (Å²) in [5.74, 6) is -28.9. The maximum atomic E-state index is 14.7. The summed E-state index contributed by atoms with van der Waals surface area (Å²) in [7, 11) is 0. The van der Waals surface area contributed by atoms with Crippen LogP contribution in [0.1, 0.15) is 119 Å². The molecule has 5 aromatic rings. The summed E-state index contributed by atoms with van der Waals surface area (Å²) in [6, 6.07) is 5.02. The topological polar surface area (TPSA) is 833 Å². The van der Waals surface area contributed by atoms with Crippen LogP contribution in [0.15, 0.2) is 109 Å². The number of hydrogen-bond acceptors (Lipinski definition) is 29. The smallest absolute Gasteiger partial charge is 0.305 e. The van der Waals surface area contributed by atoms with E-state index in [1.807, 2.05) is 0 Å². The van der Waals surface area contributed by atoms with Crippen molar-refractivity contribution in [3.05, 3.63) is 132 Å². The maximum Gasteiger partial charge on any atom is 0.305 e. The second-order valence-electron chi connectivity index (χ2n) is 33.0. The molecule has 12 atom stereocenters. The van der Waals surface area contributed by atoms with Gasteiger partial charge in [-0.05, 0) is 142 Å². The highest BCUT2D eigenvalue weighted by Crippen LogP contribution is 2.22. The number of aromatic hydroxyl groups is 1. The number of thioether (sulfide) groups is 1. The fourth-order valence-electron chi connectivity index (χ4n) is 14.1. The van der Waals surface area contributed by atoms with E-state index in [-0.39, 0.29) is 42.2 Å². The summed E-state index contributed by atoms with van der Waals surface area (Å²) < 4.78 is 5.26. The summed E-state index contributed by atoms with van der Waals surface area (Å²) in [6.45, 7) is 1.92. The zero-order valence-electron chi connectivity index (χ0n) is 78.3. The molecule has 15 amide bonds. The van der Waals surface area contributed by atoms with E-state index >= 15 is 0 Å². The molecular formula is C91H124N20O31S. The van der Waals surface area contributed by atoms with Crippen molar-refractivity contribution in [1.29, 1.82) is 0 Å². The van der Waals surface area contributed by atoms with Gasteiger partial charge in [0.15, 0.2) is 0 Å². The Balaban J connectivity index is 1.32. The fourth-order valence-corrected chi connectivity index (χ4v) is 14.6. The van der Waals surface area contributed by atoms with Crippen LogP contribution in [-0.2, 0) is 136 Å². The average molecular weight is 2030 g/mol. The standard InChI is InChI=1S/C91H124N20O31S/c1-49(81(131)110-67(40-52-14-18-56(112)19-15-52)82(132)98-46-70(113)102-68(41-54-45-97-58-11-7-6-10-57(54)58)90(140)108-65(32-37-143-2)89(139)111-69(42-79(128)129)91(141)109-66(80(94)130)39-50-8-4-3-5-9-50)99-83(133)60(21-27-74(118)119)103-85(135)62(23-29-76(122)123)105-87(137)64(25-31-78(126)127)107-88(138)63(24-30-77(124)125)106-86(136)61(22-28-75(120)121)104-84(134)59(20-26-73(116)117)101-72(115)48-142-47-71(114)100-55-16-12-51(13-17-55)38-53(43-95-35-33-92)44-96-36-34-93/h3-19,45,49,53,59-69,95-97,112H,20-44,46-48,92-93H2,1-2H3,(H2,94,130)(H,98,132)(H,99,133)(H,100,114)(H,101,115)(H,102,113)(H,103,135)(H,104,134)(H,105,137)(H,106,136)(H,107,138)(H,108,140)(H,109,141)(H,110,131)(H,111,139)(H,116,117)(H,118,119)(H,120,121)(H,122,123)(H,124,125)(H,126,127)(H,128,129)/t49-,59+,60-,61-,62-,63-,64-,65-,66-,67-,68-,69-/m0/s1. The molecule has 0 aliphatic heterocycles. The molecule has 31 N–H and O–H groups in total. The normalized spacial score (nSPS) is 13.5. The van der Waals surface area contributed by atoms with Gasteiger partial charge in [-0.2, -0.15) is 11.8 Å². The summed E-state index contributed by atoms with van der Waals surface area (Å²) in [6.07, 6.45) is -8.80. The minimum Gasteiger partial charge on any atom is -0.508 e. The quantitative estimate of drug-likeness (QED) is 0.0162. The number of nitrogens with one attached hydrogen (secondary N) is 17. The van der Waals surface area contributed by atoms with E-state index in [1.54, 1.807) is 91.3 Å². The molecule has 780 valence electrons. The van der Waals surface area contributed by atoms with Crippen molar-refractivity contribution in [3.8, 4) is 5.75 Å². The van der Waals surface area contributed by atoms with E-state index < -0.39 is 313 Å². The molecule has 0 bridgehead atoms. The monoisotopic (exact) mass is 2020 g/mol. The molecule has 0 radical (unpaired) electrons. The Morgan fingerprint density at radius 2 is 0.734 bits per heavy atom. The van der Waals surface area contributed by atoms with Gasteiger partial charge in [-0.15, -0.1) is 0 Å². The van der Waals surface area contributed by atoms with Crippen LogP contribution in [0.25, 0.3) is 10.9 Å². The number of carboxylic acids is 7. The van der Waals surface area contributed by atoms with Gasteiger partial charge in [0, 0.05) is 107 Å². The molecule has 51 nitrogen and oxygen atoms in total. The minimum atomic E-state index is -2.15. The number of primary amides is 1. The van der Waals surface area contributed by atoms with Gasteiger partial charge in [-0.1, -0.05) is 72.8 Å². The molecule has 0 fully saturated rings. The fraction of sp³-hybridized carbons (Fsp3) is 0.473. The number of nitrogens with two attached hydrogens (primary N) is 3. The van der Waals surface area contributed by atoms with Crippen LogP contribution in [0.5, 0.6) is 5.75 Å². The van der Waals surface area contributed by atoms with Crippen LogP contribution in [0.2, 0.25) is 0 Å². The average Bonchev–Trinajstić information content (AvgIpc) is 1.76. The van der Waals surface area contributed by atoms with Crippen molar-refractivity contribution in [2.75, 3.05) is 76.4 Å². The predicted molar refractivity (Wildman–Crippen MR) is 508 cm³/mol. The first-order chi connectivity index (χ1) is 67.9. The first-order valence-corrected chi connectivity index (χ1v) is 46.7. The lowest BCUT2D eigenvalue weighted by atomic mass is 9.98. The Morgan fingerprint density at radius 1 is 0.371 bits per heavy atom. The van der Waals surface area contributed by atoms with Crippen molar-refractivity contribution in [3.63, 3.8) is 0 Å². The number of carboxylic acid groups (broad SMARTS) is 7. The van der Waals surface area contributed by atoms with E-state index in [4.69, 9.17) is 21.9 Å². The van der Waals surface area contributed by atoms with Gasteiger partial charge in [0.1, 0.15) is 91.5 Å². The van der Waals surface area contributed by atoms with Gasteiger partial charge in [-0.3, -0.25) is 105 Å². The SMILES string of the molecule is CSCC[C@H](NC(=O)[C@H](Cc1c[nH]c2ccccc12)NC(=O)CNC(=O)[C@H](Cc1ccc(O)cc1)NC(=O)[C@H](C)NC(=O)[C@H](CCC(=O)O)NC(=O)[C@H](CCC(=O)O)NC(=O)[C@H](CCC(=O)O)NC(=O)[C@H](CCC(=O)O)NC(=O)[C@H](CCC(=O)O)NC(=O)[C@@H](CCC(=O)O)NC(=O)COCC(=O)Nc1ccc(CC(CNCCN)CNCCN)cc1)C(=O)N[C@@H](CC(=O)O)C(=O)N[C@@H](Cc1ccccc1)C(N)=O. The van der Waals surface area contributed by atoms with Gasteiger partial charge in [0.25, 0.3) is 0 Å². The Kier molecular flexibility index (Phi) is 51.8. The predicted octanol–water partition coefficient (Wildman–Crippen LogP) is -5.33. The van der Waals surface area contributed by atoms with Gasteiger partial charge >= 0.3 is 41.8 Å². The number of fused-ring (bicyclic) bond motifs is 1. The summed E-state index contributed by atoms with van der Waals surface area (Å²) >= 11 is 1.24. The number of aliphatic carboxylic acids is 7. The van der Waals surface area contributed by atoms with Gasteiger partial charge in [-0.25, -0.2) is 0 Å². The molecule has 0 unspecified atom stereocenters. The van der Waals surface area contributed by atoms with Gasteiger partial charge < -0.3 is 153 Å². The first kappa shape index (κ1) is 118. The number of H-pyrrole nitrogens is 1. The van der Waals surface area contributed by atoms with Crippen molar-refractivity contribution in [1.82, 2.24) is 84.7 Å². The number of ether oxygens (including phenoxy) is 1. The molecule has 0 aliphatic carbocycles. The van der Waals surface area contributed by atoms with Crippen LogP contribution in [0.4, 0.5) is 5.69 Å². The Bertz CT molecular complexity index is 5200. The van der Waals surface area contributed by atoms with E-state index in [0.717, 1.165) is 12.5 Å². The summed E-state index contributed by atoms with van der Waals surface area (Å²) in [5, 5.41) is 118. The number of benzene rings is 4. The van der Waals surface area contributed by atoms with E-state index in [9.17, 15) is 146 Å². The second-order valence-corrected chi connectivity index (χ2v) is 34.0. The Morgan fingerprint density at radius 3 is 1.18 bits per heavy atom. The van der Waals surface area contributed by atoms with Crippen LogP contribution in [0.3, 0.4) is 0 Å². The Hall–Kier alpha value is -15.3. The summed E-state index contributed by atoms with van der Waals surface area (Å²) in [4.78, 5) is 297. The number of phenols is 1. The maximum absolute atomic E-state index is 14.7. The molecule has 52 heteroatoms. The molecule has 0 saturated heterocycles. The molecule has 0 saturated carbocycles. The number of rotatable bonds is 70. The van der Waals surface area contributed by atoms with Crippen LogP contribution in [0, 0.1) is 5.92 Å². The Labute approximate surface area is 822 Å². The lowest BCUT2D eigenvalue weighted by Gasteiger charge is -2.27. The van der Waals surface area contributed by atoms with Crippen LogP contribution in [-0.4, -0.2) is 320 Å². The molecule has 1 aromatic heterocycles. The zero-order chi connectivity index (χ0) is 106. The highest BCUT2D eigenvalue weighted by Gasteiger charge is 2.39. The molecule has 1 heterocycles. The molecule has 0 aliphatic rings. The second kappa shape index (κ2) is 62.7. The van der Waals surface area contributed by atoms with Crippen molar-refractivity contribution in [2.45, 2.75) is 195 Å². The number of para-hydroxylation sites is 1. The number of amides is 15. The largest absolute Gasteiger partial charge is 0.508 e. The number of anilines is 1. The number of aromatic nitrogens is 1. The lowest BCUT2D eigenvalue weighted by molar-refractivity contribution is -0.141. The number of phenolic OH excluding ortho intramolecular Hbond substituents is 1. The molecule has 0 spiro atoms. The van der Waals surface area contributed by atoms with Crippen LogP contribution < -0.4 is 102 Å². The molecular weight excluding hydrogens is 1900 g/mol. The van der Waals surface area contributed by atoms with Gasteiger partial charge in [0.05, 0.1) is 13.0 Å². The number of hydrogen-bond donors (Lipinski definition) is 28. The molecule has 143 heavy (non-hydrogen) atoms. The summed E-state index contributed by atoms with van der Waals surface area (Å²) in [5.41, 5.74) is 20.1. The highest BCUT2D eigenvalue weighted by atomic mass is 32.2. The van der Waals surface area contributed by atoms with Crippen LogP contribution >= 0.6 is 11.8 Å².